The monoisotopic (exact) mass is 281 g/mol. The highest BCUT2D eigenvalue weighted by molar-refractivity contribution is 5.77. The fraction of sp³-hybridized carbons (Fsp3) is 0.636. The predicted octanol–water partition coefficient (Wildman–Crippen LogP) is -1.10. The summed E-state index contributed by atoms with van der Waals surface area (Å²) >= 11 is 0. The van der Waals surface area contributed by atoms with Crippen LogP contribution in [0.1, 0.15) is 5.82 Å². The van der Waals surface area contributed by atoms with Crippen LogP contribution in [-0.4, -0.2) is 62.6 Å². The Hall–Kier alpha value is -2.16. The number of carbonyl (C=O) groups excluding carboxylic acids is 1. The Bertz CT molecular complexity index is 531. The number of nitrogens with zero attached hydrogens (tertiary/aromatic N) is 4. The van der Waals surface area contributed by atoms with Crippen molar-refractivity contribution in [2.45, 2.75) is 19.1 Å². The van der Waals surface area contributed by atoms with Crippen molar-refractivity contribution < 1.29 is 19.4 Å². The van der Waals surface area contributed by atoms with Crippen molar-refractivity contribution in [2.75, 3.05) is 19.8 Å². The molecule has 9 nitrogen and oxygen atoms in total. The summed E-state index contributed by atoms with van der Waals surface area (Å²) in [7, 11) is 0. The van der Waals surface area contributed by atoms with E-state index in [1.54, 1.807) is 11.2 Å². The van der Waals surface area contributed by atoms with Crippen LogP contribution in [0.5, 0.6) is 0 Å². The topological polar surface area (TPSA) is 110 Å². The normalized spacial score (nSPS) is 25.3. The van der Waals surface area contributed by atoms with E-state index in [1.807, 2.05) is 4.57 Å². The number of aliphatic carboxylic acids is 1. The molecule has 0 aromatic carbocycles. The third-order valence-corrected chi connectivity index (χ3v) is 3.63. The first-order valence-corrected chi connectivity index (χ1v) is 6.38. The Morgan fingerprint density at radius 2 is 2.25 bits per heavy atom. The third-order valence-electron chi connectivity index (χ3n) is 3.63. The van der Waals surface area contributed by atoms with E-state index in [0.29, 0.717) is 19.6 Å². The molecule has 1 aromatic heterocycles. The molecule has 2 unspecified atom stereocenters. The molecule has 0 bridgehead atoms. The van der Waals surface area contributed by atoms with Crippen LogP contribution in [0.2, 0.25) is 0 Å². The standard InChI is InChI=1S/C11H15N5O4/c17-10(18)7-4-20-5-8(7)13-11(19)15-1-2-16-6-12-14-9(16)3-15/h6-8H,1-5H2,(H,13,19)(H,17,18). The minimum Gasteiger partial charge on any atom is -0.481 e. The second-order valence-corrected chi connectivity index (χ2v) is 4.90. The van der Waals surface area contributed by atoms with Crippen LogP contribution in [0.25, 0.3) is 0 Å². The van der Waals surface area contributed by atoms with Crippen molar-refractivity contribution in [2.24, 2.45) is 5.92 Å². The zero-order valence-corrected chi connectivity index (χ0v) is 10.7. The Kier molecular flexibility index (Phi) is 3.26. The van der Waals surface area contributed by atoms with Crippen LogP contribution < -0.4 is 5.32 Å². The molecule has 2 amide bonds. The van der Waals surface area contributed by atoms with Gasteiger partial charge in [-0.1, -0.05) is 0 Å². The number of fused-ring (bicyclic) bond motifs is 1. The van der Waals surface area contributed by atoms with E-state index in [9.17, 15) is 9.59 Å². The fourth-order valence-electron chi connectivity index (χ4n) is 2.43. The van der Waals surface area contributed by atoms with Gasteiger partial charge >= 0.3 is 12.0 Å². The van der Waals surface area contributed by atoms with E-state index in [4.69, 9.17) is 9.84 Å². The first-order valence-electron chi connectivity index (χ1n) is 6.38. The van der Waals surface area contributed by atoms with E-state index >= 15 is 0 Å². The van der Waals surface area contributed by atoms with Crippen LogP contribution in [0.3, 0.4) is 0 Å². The number of ether oxygens (including phenoxy) is 1. The SMILES string of the molecule is O=C(O)C1COCC1NC(=O)N1CCn2cnnc2C1. The van der Waals surface area contributed by atoms with Crippen molar-refractivity contribution in [1.82, 2.24) is 25.0 Å². The number of rotatable bonds is 2. The summed E-state index contributed by atoms with van der Waals surface area (Å²) in [6.45, 7) is 1.92. The number of carbonyl (C=O) groups is 2. The lowest BCUT2D eigenvalue weighted by molar-refractivity contribution is -0.142. The van der Waals surface area contributed by atoms with E-state index in [2.05, 4.69) is 15.5 Å². The van der Waals surface area contributed by atoms with Crippen molar-refractivity contribution >= 4 is 12.0 Å². The van der Waals surface area contributed by atoms with Gasteiger partial charge in [-0.05, 0) is 0 Å². The van der Waals surface area contributed by atoms with Gasteiger partial charge < -0.3 is 24.6 Å². The average molecular weight is 281 g/mol. The third kappa shape index (κ3) is 2.31. The van der Waals surface area contributed by atoms with Gasteiger partial charge in [0.25, 0.3) is 0 Å². The van der Waals surface area contributed by atoms with Crippen LogP contribution in [-0.2, 0) is 22.6 Å². The minimum absolute atomic E-state index is 0.134. The number of carboxylic acids is 1. The van der Waals surface area contributed by atoms with Gasteiger partial charge in [0.1, 0.15) is 12.2 Å². The summed E-state index contributed by atoms with van der Waals surface area (Å²) in [5.41, 5.74) is 0. The van der Waals surface area contributed by atoms with E-state index in [0.717, 1.165) is 5.82 Å². The number of hydrogen-bond donors (Lipinski definition) is 2. The largest absolute Gasteiger partial charge is 0.481 e. The van der Waals surface area contributed by atoms with Gasteiger partial charge in [0.05, 0.1) is 25.8 Å². The molecule has 9 heteroatoms. The van der Waals surface area contributed by atoms with Gasteiger partial charge in [0, 0.05) is 13.1 Å². The van der Waals surface area contributed by atoms with Gasteiger partial charge in [-0.25, -0.2) is 4.79 Å². The van der Waals surface area contributed by atoms with Crippen LogP contribution >= 0.6 is 0 Å². The molecule has 20 heavy (non-hydrogen) atoms. The Morgan fingerprint density at radius 3 is 3.05 bits per heavy atom. The fourth-order valence-corrected chi connectivity index (χ4v) is 2.43. The quantitative estimate of drug-likeness (QED) is 0.712. The Labute approximate surface area is 114 Å². The number of amides is 2. The van der Waals surface area contributed by atoms with Gasteiger partial charge in [-0.3, -0.25) is 4.79 Å². The molecular formula is C11H15N5O4. The highest BCUT2D eigenvalue weighted by Crippen LogP contribution is 2.15. The number of carboxylic acid groups (broad SMARTS) is 1. The summed E-state index contributed by atoms with van der Waals surface area (Å²) in [5, 5.41) is 19.5. The Morgan fingerprint density at radius 1 is 1.40 bits per heavy atom. The molecule has 0 spiro atoms. The summed E-state index contributed by atoms with van der Waals surface area (Å²) < 4.78 is 7.01. The zero-order valence-electron chi connectivity index (χ0n) is 10.7. The van der Waals surface area contributed by atoms with Crippen molar-refractivity contribution in [3.8, 4) is 0 Å². The van der Waals surface area contributed by atoms with E-state index in [1.165, 1.54) is 0 Å². The smallest absolute Gasteiger partial charge is 0.318 e. The second-order valence-electron chi connectivity index (χ2n) is 4.90. The average Bonchev–Trinajstić information content (AvgIpc) is 3.05. The first-order chi connectivity index (χ1) is 9.65. The number of hydrogen-bond acceptors (Lipinski definition) is 5. The van der Waals surface area contributed by atoms with Gasteiger partial charge in [-0.2, -0.15) is 0 Å². The molecule has 0 saturated carbocycles. The molecule has 2 aliphatic heterocycles. The first kappa shape index (κ1) is 12.9. The molecule has 2 N–H and O–H groups in total. The lowest BCUT2D eigenvalue weighted by atomic mass is 10.0. The van der Waals surface area contributed by atoms with Gasteiger partial charge in [0.15, 0.2) is 5.82 Å². The maximum Gasteiger partial charge on any atom is 0.318 e. The maximum atomic E-state index is 12.2. The van der Waals surface area contributed by atoms with Crippen LogP contribution in [0, 0.1) is 5.92 Å². The predicted molar refractivity (Wildman–Crippen MR) is 64.7 cm³/mol. The molecule has 2 atom stereocenters. The van der Waals surface area contributed by atoms with E-state index < -0.39 is 17.9 Å². The summed E-state index contributed by atoms with van der Waals surface area (Å²) in [4.78, 5) is 24.8. The Balaban J connectivity index is 1.61. The zero-order chi connectivity index (χ0) is 14.1. The number of nitrogens with one attached hydrogen (secondary N) is 1. The van der Waals surface area contributed by atoms with Crippen molar-refractivity contribution in [3.63, 3.8) is 0 Å². The highest BCUT2D eigenvalue weighted by Gasteiger charge is 2.36. The molecule has 3 rings (SSSR count). The minimum atomic E-state index is -0.953. The van der Waals surface area contributed by atoms with Crippen LogP contribution in [0.4, 0.5) is 4.79 Å². The van der Waals surface area contributed by atoms with Gasteiger partial charge in [0.2, 0.25) is 0 Å². The number of urea groups is 1. The molecule has 1 aromatic rings. The lowest BCUT2D eigenvalue weighted by Crippen LogP contribution is -2.50. The lowest BCUT2D eigenvalue weighted by Gasteiger charge is -2.28. The molecule has 108 valence electrons. The molecule has 1 fully saturated rings. The summed E-state index contributed by atoms with van der Waals surface area (Å²) in [6.07, 6.45) is 1.63. The summed E-state index contributed by atoms with van der Waals surface area (Å²) in [6, 6.07) is -0.777. The maximum absolute atomic E-state index is 12.2. The second kappa shape index (κ2) is 5.08. The highest BCUT2D eigenvalue weighted by atomic mass is 16.5. The van der Waals surface area contributed by atoms with E-state index in [-0.39, 0.29) is 19.2 Å². The van der Waals surface area contributed by atoms with Gasteiger partial charge in [-0.15, -0.1) is 10.2 Å². The van der Waals surface area contributed by atoms with Crippen LogP contribution in [0.15, 0.2) is 6.33 Å². The number of aromatic nitrogens is 3. The molecule has 0 aliphatic carbocycles. The van der Waals surface area contributed by atoms with Crippen molar-refractivity contribution in [3.05, 3.63) is 12.2 Å². The molecule has 1 saturated heterocycles. The summed E-state index contributed by atoms with van der Waals surface area (Å²) in [5.74, 6) is -0.914. The molecular weight excluding hydrogens is 266 g/mol. The molecule has 3 heterocycles. The molecule has 2 aliphatic rings. The van der Waals surface area contributed by atoms with Crippen molar-refractivity contribution in [1.29, 1.82) is 0 Å². The molecule has 0 radical (unpaired) electrons.